The van der Waals surface area contributed by atoms with Crippen LogP contribution in [0.2, 0.25) is 0 Å². The van der Waals surface area contributed by atoms with E-state index in [0.717, 1.165) is 22.5 Å². The van der Waals surface area contributed by atoms with Gasteiger partial charge in [-0.05, 0) is 81.2 Å². The standard InChI is InChI=1S/C29H29N7O2/c1-20-8-9-21(18-26(20)34-27(37)7-5-17-36(2)3)28(38)32-23-10-12-24(13-11-23)33-29-31-16-14-25(35-29)22-6-4-15-30-19-22/h4-16,18-19H,17H2,1-3H3,(H,32,38)(H,34,37)(H,31,33,35). The molecule has 192 valence electrons. The van der Waals surface area contributed by atoms with E-state index < -0.39 is 0 Å². The highest BCUT2D eigenvalue weighted by Gasteiger charge is 2.10. The fourth-order valence-corrected chi connectivity index (χ4v) is 3.51. The summed E-state index contributed by atoms with van der Waals surface area (Å²) in [5.74, 6) is -0.0728. The van der Waals surface area contributed by atoms with Crippen LogP contribution in [-0.2, 0) is 4.79 Å². The number of anilines is 4. The normalized spacial score (nSPS) is 10.9. The molecule has 0 atom stereocenters. The van der Waals surface area contributed by atoms with Gasteiger partial charge < -0.3 is 20.9 Å². The van der Waals surface area contributed by atoms with Gasteiger partial charge in [-0.3, -0.25) is 14.6 Å². The van der Waals surface area contributed by atoms with E-state index in [-0.39, 0.29) is 11.8 Å². The van der Waals surface area contributed by atoms with Crippen LogP contribution in [0.5, 0.6) is 0 Å². The second-order valence-corrected chi connectivity index (χ2v) is 8.85. The van der Waals surface area contributed by atoms with E-state index >= 15 is 0 Å². The van der Waals surface area contributed by atoms with Crippen molar-refractivity contribution in [3.8, 4) is 11.3 Å². The lowest BCUT2D eigenvalue weighted by Crippen LogP contribution is -2.15. The van der Waals surface area contributed by atoms with Crippen LogP contribution in [-0.4, -0.2) is 52.3 Å². The predicted octanol–water partition coefficient (Wildman–Crippen LogP) is 4.90. The van der Waals surface area contributed by atoms with Crippen molar-refractivity contribution in [3.05, 3.63) is 103 Å². The molecule has 0 radical (unpaired) electrons. The van der Waals surface area contributed by atoms with Crippen LogP contribution in [0, 0.1) is 6.92 Å². The molecule has 0 aliphatic rings. The second kappa shape index (κ2) is 12.4. The Morgan fingerprint density at radius 2 is 1.74 bits per heavy atom. The Kier molecular flexibility index (Phi) is 8.53. The van der Waals surface area contributed by atoms with Gasteiger partial charge in [0, 0.05) is 59.4 Å². The summed E-state index contributed by atoms with van der Waals surface area (Å²) in [5.41, 5.74) is 4.95. The van der Waals surface area contributed by atoms with Crippen molar-refractivity contribution >= 4 is 34.8 Å². The first-order valence-corrected chi connectivity index (χ1v) is 12.0. The fourth-order valence-electron chi connectivity index (χ4n) is 3.51. The maximum Gasteiger partial charge on any atom is 0.255 e. The highest BCUT2D eigenvalue weighted by atomic mass is 16.2. The molecule has 9 nitrogen and oxygen atoms in total. The average Bonchev–Trinajstić information content (AvgIpc) is 2.91. The van der Waals surface area contributed by atoms with Gasteiger partial charge in [-0.2, -0.15) is 0 Å². The zero-order chi connectivity index (χ0) is 26.9. The van der Waals surface area contributed by atoms with E-state index in [9.17, 15) is 9.59 Å². The minimum atomic E-state index is -0.281. The van der Waals surface area contributed by atoms with E-state index in [1.54, 1.807) is 55.0 Å². The first-order chi connectivity index (χ1) is 18.4. The molecule has 4 rings (SSSR count). The number of aryl methyl sites for hydroxylation is 1. The van der Waals surface area contributed by atoms with Crippen LogP contribution in [0.25, 0.3) is 11.3 Å². The topological polar surface area (TPSA) is 112 Å². The Labute approximate surface area is 221 Å². The lowest BCUT2D eigenvalue weighted by atomic mass is 10.1. The number of hydrogen-bond acceptors (Lipinski definition) is 7. The highest BCUT2D eigenvalue weighted by Crippen LogP contribution is 2.21. The molecule has 0 saturated heterocycles. The number of aromatic nitrogens is 3. The molecule has 38 heavy (non-hydrogen) atoms. The highest BCUT2D eigenvalue weighted by molar-refractivity contribution is 6.06. The molecule has 2 amide bonds. The van der Waals surface area contributed by atoms with Gasteiger partial charge in [0.25, 0.3) is 5.91 Å². The summed E-state index contributed by atoms with van der Waals surface area (Å²) in [6.07, 6.45) is 8.42. The van der Waals surface area contributed by atoms with E-state index in [0.29, 0.717) is 29.4 Å². The number of carbonyl (C=O) groups is 2. The lowest BCUT2D eigenvalue weighted by molar-refractivity contribution is -0.111. The molecule has 2 aromatic heterocycles. The van der Waals surface area contributed by atoms with Gasteiger partial charge >= 0.3 is 0 Å². The van der Waals surface area contributed by atoms with Crippen molar-refractivity contribution in [2.24, 2.45) is 0 Å². The number of nitrogens with one attached hydrogen (secondary N) is 3. The maximum atomic E-state index is 12.9. The van der Waals surface area contributed by atoms with Gasteiger partial charge in [-0.15, -0.1) is 0 Å². The number of rotatable bonds is 9. The van der Waals surface area contributed by atoms with E-state index in [1.807, 2.05) is 56.3 Å². The molecule has 0 fully saturated rings. The zero-order valence-electron chi connectivity index (χ0n) is 21.5. The van der Waals surface area contributed by atoms with Crippen LogP contribution in [0.1, 0.15) is 15.9 Å². The Morgan fingerprint density at radius 3 is 2.47 bits per heavy atom. The Bertz CT molecular complexity index is 1440. The van der Waals surface area contributed by atoms with Crippen molar-refractivity contribution in [1.29, 1.82) is 0 Å². The van der Waals surface area contributed by atoms with E-state index in [2.05, 4.69) is 30.9 Å². The number of carbonyl (C=O) groups excluding carboxylic acids is 2. The quantitative estimate of drug-likeness (QED) is 0.276. The Balaban J connectivity index is 1.38. The molecule has 2 aromatic carbocycles. The number of likely N-dealkylation sites (N-methyl/N-ethyl adjacent to an activating group) is 1. The summed E-state index contributed by atoms with van der Waals surface area (Å²) in [5, 5.41) is 8.90. The molecule has 2 heterocycles. The molecular weight excluding hydrogens is 478 g/mol. The van der Waals surface area contributed by atoms with Gasteiger partial charge in [0.15, 0.2) is 0 Å². The molecule has 3 N–H and O–H groups in total. The summed E-state index contributed by atoms with van der Waals surface area (Å²) in [6.45, 7) is 2.54. The average molecular weight is 508 g/mol. The maximum absolute atomic E-state index is 12.9. The minimum Gasteiger partial charge on any atom is -0.324 e. The molecule has 0 saturated carbocycles. The number of benzene rings is 2. The summed E-state index contributed by atoms with van der Waals surface area (Å²) < 4.78 is 0. The third-order valence-electron chi connectivity index (χ3n) is 5.51. The smallest absolute Gasteiger partial charge is 0.255 e. The van der Waals surface area contributed by atoms with Gasteiger partial charge in [-0.25, -0.2) is 9.97 Å². The van der Waals surface area contributed by atoms with Crippen LogP contribution in [0.4, 0.5) is 23.0 Å². The summed E-state index contributed by atoms with van der Waals surface area (Å²) in [4.78, 5) is 40.0. The number of nitrogens with zero attached hydrogens (tertiary/aromatic N) is 4. The van der Waals surface area contributed by atoms with E-state index in [4.69, 9.17) is 0 Å². The largest absolute Gasteiger partial charge is 0.324 e. The van der Waals surface area contributed by atoms with Crippen LogP contribution in [0.3, 0.4) is 0 Å². The van der Waals surface area contributed by atoms with Gasteiger partial charge in [0.2, 0.25) is 11.9 Å². The minimum absolute atomic E-state index is 0.245. The SMILES string of the molecule is Cc1ccc(C(=O)Nc2ccc(Nc3nccc(-c4cccnc4)n3)cc2)cc1NC(=O)C=CCN(C)C. The molecular formula is C29H29N7O2. The van der Waals surface area contributed by atoms with Crippen LogP contribution in [0.15, 0.2) is 91.4 Å². The first-order valence-electron chi connectivity index (χ1n) is 12.0. The summed E-state index contributed by atoms with van der Waals surface area (Å²) >= 11 is 0. The van der Waals surface area contributed by atoms with Gasteiger partial charge in [-0.1, -0.05) is 12.1 Å². The Hall–Kier alpha value is -4.89. The second-order valence-electron chi connectivity index (χ2n) is 8.85. The van der Waals surface area contributed by atoms with Crippen LogP contribution >= 0.6 is 0 Å². The molecule has 9 heteroatoms. The van der Waals surface area contributed by atoms with Crippen molar-refractivity contribution in [2.75, 3.05) is 36.6 Å². The molecule has 4 aromatic rings. The molecule has 0 spiro atoms. The molecule has 0 aliphatic heterocycles. The summed E-state index contributed by atoms with van der Waals surface area (Å²) in [6, 6.07) is 18.1. The third-order valence-corrected chi connectivity index (χ3v) is 5.51. The fraction of sp³-hybridized carbons (Fsp3) is 0.138. The first kappa shape index (κ1) is 26.2. The number of hydrogen-bond donors (Lipinski definition) is 3. The van der Waals surface area contributed by atoms with Crippen molar-refractivity contribution in [2.45, 2.75) is 6.92 Å². The third kappa shape index (κ3) is 7.31. The lowest BCUT2D eigenvalue weighted by Gasteiger charge is -2.11. The zero-order valence-corrected chi connectivity index (χ0v) is 21.5. The van der Waals surface area contributed by atoms with Crippen LogP contribution < -0.4 is 16.0 Å². The predicted molar refractivity (Wildman–Crippen MR) is 150 cm³/mol. The van der Waals surface area contributed by atoms with Gasteiger partial charge in [0.1, 0.15) is 0 Å². The monoisotopic (exact) mass is 507 g/mol. The van der Waals surface area contributed by atoms with Gasteiger partial charge in [0.05, 0.1) is 5.69 Å². The summed E-state index contributed by atoms with van der Waals surface area (Å²) in [7, 11) is 3.85. The molecule has 0 unspecified atom stereocenters. The van der Waals surface area contributed by atoms with Crippen molar-refractivity contribution in [1.82, 2.24) is 19.9 Å². The van der Waals surface area contributed by atoms with Crippen molar-refractivity contribution < 1.29 is 9.59 Å². The molecule has 0 aliphatic carbocycles. The number of pyridine rings is 1. The number of amides is 2. The van der Waals surface area contributed by atoms with E-state index in [1.165, 1.54) is 6.08 Å². The van der Waals surface area contributed by atoms with Crippen molar-refractivity contribution in [3.63, 3.8) is 0 Å². The molecule has 0 bridgehead atoms. The Morgan fingerprint density at radius 1 is 0.947 bits per heavy atom.